The van der Waals surface area contributed by atoms with Crippen LogP contribution in [0.4, 0.5) is 5.69 Å². The van der Waals surface area contributed by atoms with Crippen LogP contribution in [0.5, 0.6) is 0 Å². The van der Waals surface area contributed by atoms with Crippen molar-refractivity contribution in [2.45, 2.75) is 32.2 Å². The lowest BCUT2D eigenvalue weighted by molar-refractivity contribution is 0.102. The minimum atomic E-state index is -0.0831. The molecule has 0 unspecified atom stereocenters. The molecule has 0 spiro atoms. The van der Waals surface area contributed by atoms with Gasteiger partial charge in [-0.2, -0.15) is 0 Å². The smallest absolute Gasteiger partial charge is 0.255 e. The van der Waals surface area contributed by atoms with Crippen molar-refractivity contribution in [2.75, 3.05) is 25.0 Å². The third-order valence-corrected chi connectivity index (χ3v) is 5.52. The summed E-state index contributed by atoms with van der Waals surface area (Å²) in [4.78, 5) is 19.1. The number of hydrogen-bond donors (Lipinski definition) is 1. The van der Waals surface area contributed by atoms with Gasteiger partial charge in [-0.25, -0.2) is 4.98 Å². The first-order valence-corrected chi connectivity index (χ1v) is 10.4. The fourth-order valence-corrected chi connectivity index (χ4v) is 3.78. The van der Waals surface area contributed by atoms with Gasteiger partial charge < -0.3 is 14.8 Å². The largest absolute Gasteiger partial charge is 0.333 e. The van der Waals surface area contributed by atoms with Crippen LogP contribution in [0, 0.1) is 0 Å². The van der Waals surface area contributed by atoms with Crippen LogP contribution in [-0.4, -0.2) is 40.0 Å². The highest BCUT2D eigenvalue weighted by atomic mass is 16.1. The van der Waals surface area contributed by atoms with Crippen molar-refractivity contribution < 1.29 is 4.79 Å². The van der Waals surface area contributed by atoms with Crippen LogP contribution in [0.25, 0.3) is 0 Å². The van der Waals surface area contributed by atoms with E-state index in [1.807, 2.05) is 47.2 Å². The molecule has 4 rings (SSSR count). The third-order valence-electron chi connectivity index (χ3n) is 5.52. The predicted octanol–water partition coefficient (Wildman–Crippen LogP) is 4.21. The van der Waals surface area contributed by atoms with Crippen molar-refractivity contribution in [1.82, 2.24) is 14.5 Å². The van der Waals surface area contributed by atoms with E-state index in [2.05, 4.69) is 27.3 Å². The molecule has 2 aromatic carbocycles. The van der Waals surface area contributed by atoms with E-state index in [-0.39, 0.29) is 5.91 Å². The first-order chi connectivity index (χ1) is 14.3. The molecule has 0 aliphatic carbocycles. The fraction of sp³-hybridized carbons (Fsp3) is 0.333. The van der Waals surface area contributed by atoms with E-state index in [4.69, 9.17) is 0 Å². The lowest BCUT2D eigenvalue weighted by Crippen LogP contribution is -2.31. The van der Waals surface area contributed by atoms with Crippen molar-refractivity contribution in [1.29, 1.82) is 0 Å². The van der Waals surface area contributed by atoms with E-state index >= 15 is 0 Å². The summed E-state index contributed by atoms with van der Waals surface area (Å²) in [7, 11) is 0. The molecule has 2 heterocycles. The molecule has 1 N–H and O–H groups in total. The lowest BCUT2D eigenvalue weighted by Gasteiger charge is -2.26. The molecule has 29 heavy (non-hydrogen) atoms. The average molecular weight is 389 g/mol. The molecule has 5 nitrogen and oxygen atoms in total. The van der Waals surface area contributed by atoms with Crippen LogP contribution in [0.15, 0.2) is 67.3 Å². The Morgan fingerprint density at radius 2 is 1.66 bits per heavy atom. The second-order valence-electron chi connectivity index (χ2n) is 7.74. The zero-order chi connectivity index (χ0) is 19.9. The highest BCUT2D eigenvalue weighted by Gasteiger charge is 2.10. The Labute approximate surface area is 172 Å². The molecule has 0 saturated carbocycles. The van der Waals surface area contributed by atoms with Crippen LogP contribution in [-0.2, 0) is 13.0 Å². The van der Waals surface area contributed by atoms with E-state index in [1.54, 1.807) is 12.5 Å². The monoisotopic (exact) mass is 388 g/mol. The molecule has 5 heteroatoms. The maximum atomic E-state index is 12.5. The number of nitrogens with one attached hydrogen (secondary N) is 1. The summed E-state index contributed by atoms with van der Waals surface area (Å²) in [5.74, 6) is -0.0831. The molecule has 1 amide bonds. The van der Waals surface area contributed by atoms with Crippen LogP contribution < -0.4 is 5.32 Å². The van der Waals surface area contributed by atoms with Gasteiger partial charge >= 0.3 is 0 Å². The molecule has 1 saturated heterocycles. The van der Waals surface area contributed by atoms with Crippen molar-refractivity contribution in [3.8, 4) is 0 Å². The van der Waals surface area contributed by atoms with Crippen LogP contribution in [0.1, 0.15) is 40.7 Å². The van der Waals surface area contributed by atoms with Gasteiger partial charge in [-0.05, 0) is 67.7 Å². The van der Waals surface area contributed by atoms with E-state index in [9.17, 15) is 4.79 Å². The number of carbonyl (C=O) groups is 1. The van der Waals surface area contributed by atoms with Gasteiger partial charge in [-0.3, -0.25) is 4.79 Å². The number of carbonyl (C=O) groups excluding carboxylic acids is 1. The fourth-order valence-electron chi connectivity index (χ4n) is 3.78. The molecule has 3 aromatic rings. The first-order valence-electron chi connectivity index (χ1n) is 10.4. The second kappa shape index (κ2) is 9.52. The van der Waals surface area contributed by atoms with Crippen LogP contribution in [0.2, 0.25) is 0 Å². The van der Waals surface area contributed by atoms with Gasteiger partial charge in [0.05, 0.1) is 6.33 Å². The van der Waals surface area contributed by atoms with Gasteiger partial charge in [0.15, 0.2) is 0 Å². The van der Waals surface area contributed by atoms with Crippen LogP contribution >= 0.6 is 0 Å². The lowest BCUT2D eigenvalue weighted by atomic mass is 10.1. The summed E-state index contributed by atoms with van der Waals surface area (Å²) in [5, 5.41) is 2.99. The number of piperidine rings is 1. The minimum Gasteiger partial charge on any atom is -0.333 e. The number of benzene rings is 2. The summed E-state index contributed by atoms with van der Waals surface area (Å²) in [6.07, 6.45) is 10.6. The van der Waals surface area contributed by atoms with Gasteiger partial charge in [0.1, 0.15) is 0 Å². The zero-order valence-corrected chi connectivity index (χ0v) is 16.8. The van der Waals surface area contributed by atoms with Crippen molar-refractivity contribution in [3.05, 3.63) is 83.9 Å². The van der Waals surface area contributed by atoms with E-state index in [1.165, 1.54) is 37.9 Å². The van der Waals surface area contributed by atoms with Gasteiger partial charge in [0.2, 0.25) is 0 Å². The number of nitrogens with zero attached hydrogens (tertiary/aromatic N) is 3. The minimum absolute atomic E-state index is 0.0831. The molecule has 0 bridgehead atoms. The second-order valence-corrected chi connectivity index (χ2v) is 7.74. The normalized spacial score (nSPS) is 14.6. The standard InChI is InChI=1S/C24H28N4O/c29-24(22-8-4-21(5-9-22)18-28-17-13-25-19-28)26-23-10-6-20(7-11-23)12-16-27-14-2-1-3-15-27/h4-11,13,17,19H,1-3,12,14-16,18H2,(H,26,29). The van der Waals surface area contributed by atoms with E-state index < -0.39 is 0 Å². The maximum Gasteiger partial charge on any atom is 0.255 e. The quantitative estimate of drug-likeness (QED) is 0.660. The molecule has 0 radical (unpaired) electrons. The zero-order valence-electron chi connectivity index (χ0n) is 16.8. The molecular weight excluding hydrogens is 360 g/mol. The number of amides is 1. The number of rotatable bonds is 7. The van der Waals surface area contributed by atoms with Gasteiger partial charge in [-0.1, -0.05) is 30.7 Å². The number of imidazole rings is 1. The van der Waals surface area contributed by atoms with Crippen molar-refractivity contribution >= 4 is 11.6 Å². The van der Waals surface area contributed by atoms with Gasteiger partial charge in [0.25, 0.3) is 5.91 Å². The molecular formula is C24H28N4O. The molecule has 1 aromatic heterocycles. The Balaban J connectivity index is 1.28. The van der Waals surface area contributed by atoms with E-state index in [0.29, 0.717) is 5.56 Å². The number of hydrogen-bond acceptors (Lipinski definition) is 3. The number of anilines is 1. The van der Waals surface area contributed by atoms with Crippen LogP contribution in [0.3, 0.4) is 0 Å². The first kappa shape index (κ1) is 19.4. The summed E-state index contributed by atoms with van der Waals surface area (Å²) < 4.78 is 2.00. The van der Waals surface area contributed by atoms with Gasteiger partial charge in [0, 0.05) is 36.7 Å². The molecule has 0 atom stereocenters. The molecule has 1 aliphatic rings. The predicted molar refractivity (Wildman–Crippen MR) is 116 cm³/mol. The summed E-state index contributed by atoms with van der Waals surface area (Å²) >= 11 is 0. The highest BCUT2D eigenvalue weighted by molar-refractivity contribution is 6.04. The number of likely N-dealkylation sites (tertiary alicyclic amines) is 1. The van der Waals surface area contributed by atoms with Gasteiger partial charge in [-0.15, -0.1) is 0 Å². The molecule has 1 aliphatic heterocycles. The Bertz CT molecular complexity index is 895. The Morgan fingerprint density at radius 1 is 0.931 bits per heavy atom. The molecule has 1 fully saturated rings. The van der Waals surface area contributed by atoms with Crippen molar-refractivity contribution in [3.63, 3.8) is 0 Å². The highest BCUT2D eigenvalue weighted by Crippen LogP contribution is 2.14. The molecule has 150 valence electrons. The average Bonchev–Trinajstić information content (AvgIpc) is 3.27. The van der Waals surface area contributed by atoms with E-state index in [0.717, 1.165) is 30.8 Å². The Kier molecular flexibility index (Phi) is 6.37. The summed E-state index contributed by atoms with van der Waals surface area (Å²) in [6, 6.07) is 15.9. The third kappa shape index (κ3) is 5.55. The topological polar surface area (TPSA) is 50.2 Å². The maximum absolute atomic E-state index is 12.5. The Hall–Kier alpha value is -2.92. The number of aromatic nitrogens is 2. The Morgan fingerprint density at radius 3 is 2.34 bits per heavy atom. The summed E-state index contributed by atoms with van der Waals surface area (Å²) in [6.45, 7) is 4.34. The summed E-state index contributed by atoms with van der Waals surface area (Å²) in [5.41, 5.74) is 3.95. The van der Waals surface area contributed by atoms with Crippen molar-refractivity contribution in [2.24, 2.45) is 0 Å². The SMILES string of the molecule is O=C(Nc1ccc(CCN2CCCCC2)cc1)c1ccc(Cn2ccnc2)cc1.